The van der Waals surface area contributed by atoms with E-state index in [0.29, 0.717) is 17.2 Å². The van der Waals surface area contributed by atoms with E-state index in [0.717, 1.165) is 25.7 Å². The fraction of sp³-hybridized carbons (Fsp3) is 0.650. The molecule has 0 aliphatic heterocycles. The topological polar surface area (TPSA) is 61.4 Å². The Balaban J connectivity index is 1.65. The lowest BCUT2D eigenvalue weighted by atomic mass is 9.94. The third-order valence-corrected chi connectivity index (χ3v) is 5.44. The van der Waals surface area contributed by atoms with Crippen LogP contribution < -0.4 is 10.6 Å². The summed E-state index contributed by atoms with van der Waals surface area (Å²) in [6, 6.07) is 8.06. The second-order valence-electron chi connectivity index (χ2n) is 7.30. The van der Waals surface area contributed by atoms with E-state index in [-0.39, 0.29) is 11.9 Å². The van der Waals surface area contributed by atoms with Gasteiger partial charge in [0.05, 0.1) is 0 Å². The van der Waals surface area contributed by atoms with Crippen LogP contribution >= 0.6 is 0 Å². The van der Waals surface area contributed by atoms with Crippen LogP contribution in [0.4, 0.5) is 0 Å². The molecule has 3 rings (SSSR count). The Labute approximate surface area is 145 Å². The molecule has 2 aliphatic carbocycles. The minimum Gasteiger partial charge on any atom is -0.374 e. The maximum Gasteiger partial charge on any atom is 0.251 e. The van der Waals surface area contributed by atoms with Crippen LogP contribution in [-0.4, -0.2) is 23.1 Å². The number of aliphatic hydroxyl groups is 1. The minimum absolute atomic E-state index is 0.0537. The summed E-state index contributed by atoms with van der Waals surface area (Å²) >= 11 is 0. The molecule has 0 spiro atoms. The highest BCUT2D eigenvalue weighted by atomic mass is 16.3. The molecule has 1 atom stereocenters. The molecule has 2 aliphatic rings. The lowest BCUT2D eigenvalue weighted by molar-refractivity contribution is 0.0900. The number of rotatable bonds is 5. The van der Waals surface area contributed by atoms with Crippen molar-refractivity contribution in [2.75, 3.05) is 0 Å². The van der Waals surface area contributed by atoms with Gasteiger partial charge in [0.15, 0.2) is 0 Å². The molecule has 3 N–H and O–H groups in total. The van der Waals surface area contributed by atoms with Gasteiger partial charge in [-0.05, 0) is 31.7 Å². The Morgan fingerprint density at radius 2 is 1.50 bits per heavy atom. The molecule has 0 bridgehead atoms. The summed E-state index contributed by atoms with van der Waals surface area (Å²) in [5.41, 5.74) is 1.29. The van der Waals surface area contributed by atoms with Gasteiger partial charge >= 0.3 is 0 Å². The Morgan fingerprint density at radius 1 is 0.917 bits per heavy atom. The molecular formula is C20H30N2O2. The molecule has 4 nitrogen and oxygen atoms in total. The molecule has 2 fully saturated rings. The van der Waals surface area contributed by atoms with Crippen molar-refractivity contribution in [1.82, 2.24) is 10.6 Å². The second-order valence-corrected chi connectivity index (χ2v) is 7.30. The van der Waals surface area contributed by atoms with Gasteiger partial charge in [-0.3, -0.25) is 10.1 Å². The standard InChI is InChI=1S/C20H30N2O2/c23-19(21-15-9-3-1-4-10-15)17-13-7-8-14-18(17)20(24)22-16-11-5-2-6-12-16/h7-8,13-16,19,21,23H,1-6,9-12H2,(H,22,24). The first-order chi connectivity index (χ1) is 11.7. The van der Waals surface area contributed by atoms with E-state index in [1.54, 1.807) is 0 Å². The molecule has 1 amide bonds. The van der Waals surface area contributed by atoms with Gasteiger partial charge in [0.2, 0.25) is 0 Å². The first-order valence-electron chi connectivity index (χ1n) is 9.58. The van der Waals surface area contributed by atoms with E-state index < -0.39 is 6.23 Å². The Bertz CT molecular complexity index is 534. The van der Waals surface area contributed by atoms with Crippen LogP contribution in [0.2, 0.25) is 0 Å². The number of hydrogen-bond acceptors (Lipinski definition) is 3. The molecule has 132 valence electrons. The quantitative estimate of drug-likeness (QED) is 0.722. The maximum absolute atomic E-state index is 12.7. The maximum atomic E-state index is 12.7. The van der Waals surface area contributed by atoms with Crippen LogP contribution in [0.3, 0.4) is 0 Å². The third-order valence-electron chi connectivity index (χ3n) is 5.44. The monoisotopic (exact) mass is 330 g/mol. The van der Waals surface area contributed by atoms with Crippen molar-refractivity contribution in [2.24, 2.45) is 0 Å². The van der Waals surface area contributed by atoms with E-state index in [9.17, 15) is 9.90 Å². The zero-order chi connectivity index (χ0) is 16.8. The molecule has 0 saturated heterocycles. The summed E-state index contributed by atoms with van der Waals surface area (Å²) in [5, 5.41) is 17.1. The van der Waals surface area contributed by atoms with Crippen molar-refractivity contribution in [3.8, 4) is 0 Å². The van der Waals surface area contributed by atoms with E-state index in [2.05, 4.69) is 10.6 Å². The normalized spacial score (nSPS) is 21.4. The molecule has 0 aromatic heterocycles. The Kier molecular flexibility index (Phi) is 6.27. The van der Waals surface area contributed by atoms with Gasteiger partial charge in [-0.1, -0.05) is 56.7 Å². The number of carbonyl (C=O) groups excluding carboxylic acids is 1. The Morgan fingerprint density at radius 3 is 2.17 bits per heavy atom. The SMILES string of the molecule is O=C(NC1CCCCC1)c1ccccc1C(O)NC1CCCCC1. The van der Waals surface area contributed by atoms with Crippen LogP contribution in [0, 0.1) is 0 Å². The number of aliphatic hydroxyl groups excluding tert-OH is 1. The molecule has 1 aromatic rings. The zero-order valence-corrected chi connectivity index (χ0v) is 14.5. The lowest BCUT2D eigenvalue weighted by Gasteiger charge is -2.27. The van der Waals surface area contributed by atoms with Gasteiger partial charge in [0.1, 0.15) is 6.23 Å². The van der Waals surface area contributed by atoms with E-state index in [1.807, 2.05) is 24.3 Å². The molecule has 1 aromatic carbocycles. The van der Waals surface area contributed by atoms with E-state index >= 15 is 0 Å². The number of benzene rings is 1. The van der Waals surface area contributed by atoms with Crippen molar-refractivity contribution in [2.45, 2.75) is 82.5 Å². The van der Waals surface area contributed by atoms with Crippen molar-refractivity contribution in [3.63, 3.8) is 0 Å². The molecule has 1 unspecified atom stereocenters. The minimum atomic E-state index is -0.776. The zero-order valence-electron chi connectivity index (χ0n) is 14.5. The molecule has 0 radical (unpaired) electrons. The van der Waals surface area contributed by atoms with E-state index in [1.165, 1.54) is 38.5 Å². The number of nitrogens with one attached hydrogen (secondary N) is 2. The predicted molar refractivity (Wildman–Crippen MR) is 95.7 cm³/mol. The summed E-state index contributed by atoms with van der Waals surface area (Å²) in [6.45, 7) is 0. The van der Waals surface area contributed by atoms with Crippen molar-refractivity contribution in [3.05, 3.63) is 35.4 Å². The van der Waals surface area contributed by atoms with Gasteiger partial charge in [0, 0.05) is 23.2 Å². The molecule has 24 heavy (non-hydrogen) atoms. The fourth-order valence-corrected chi connectivity index (χ4v) is 4.03. The van der Waals surface area contributed by atoms with Crippen LogP contribution in [-0.2, 0) is 0 Å². The number of carbonyl (C=O) groups is 1. The first kappa shape index (κ1) is 17.4. The van der Waals surface area contributed by atoms with Crippen LogP contribution in [0.5, 0.6) is 0 Å². The highest BCUT2D eigenvalue weighted by molar-refractivity contribution is 5.96. The van der Waals surface area contributed by atoms with Crippen LogP contribution in [0.25, 0.3) is 0 Å². The molecular weight excluding hydrogens is 300 g/mol. The summed E-state index contributed by atoms with van der Waals surface area (Å²) in [4.78, 5) is 12.7. The van der Waals surface area contributed by atoms with E-state index in [4.69, 9.17) is 0 Å². The van der Waals surface area contributed by atoms with Crippen molar-refractivity contribution in [1.29, 1.82) is 0 Å². The lowest BCUT2D eigenvalue weighted by Crippen LogP contribution is -2.38. The van der Waals surface area contributed by atoms with Crippen molar-refractivity contribution < 1.29 is 9.90 Å². The predicted octanol–water partition coefficient (Wildman–Crippen LogP) is 3.66. The molecule has 0 heterocycles. The average Bonchev–Trinajstić information content (AvgIpc) is 2.63. The van der Waals surface area contributed by atoms with Gasteiger partial charge in [0.25, 0.3) is 5.91 Å². The number of amides is 1. The highest BCUT2D eigenvalue weighted by Crippen LogP contribution is 2.23. The first-order valence-corrected chi connectivity index (χ1v) is 9.58. The average molecular weight is 330 g/mol. The van der Waals surface area contributed by atoms with Gasteiger partial charge in [-0.25, -0.2) is 0 Å². The van der Waals surface area contributed by atoms with Crippen molar-refractivity contribution >= 4 is 5.91 Å². The number of hydrogen-bond donors (Lipinski definition) is 3. The summed E-state index contributed by atoms with van der Waals surface area (Å²) < 4.78 is 0. The molecule has 2 saturated carbocycles. The third kappa shape index (κ3) is 4.58. The largest absolute Gasteiger partial charge is 0.374 e. The smallest absolute Gasteiger partial charge is 0.251 e. The Hall–Kier alpha value is -1.39. The van der Waals surface area contributed by atoms with Gasteiger partial charge in [-0.15, -0.1) is 0 Å². The molecule has 4 heteroatoms. The summed E-state index contributed by atoms with van der Waals surface area (Å²) in [6.07, 6.45) is 10.9. The summed E-state index contributed by atoms with van der Waals surface area (Å²) in [7, 11) is 0. The second kappa shape index (κ2) is 8.63. The summed E-state index contributed by atoms with van der Waals surface area (Å²) in [5.74, 6) is -0.0537. The van der Waals surface area contributed by atoms with Crippen LogP contribution in [0.15, 0.2) is 24.3 Å². The fourth-order valence-electron chi connectivity index (χ4n) is 4.03. The highest BCUT2D eigenvalue weighted by Gasteiger charge is 2.23. The van der Waals surface area contributed by atoms with Crippen LogP contribution in [0.1, 0.15) is 86.4 Å². The van der Waals surface area contributed by atoms with Gasteiger partial charge < -0.3 is 10.4 Å². The van der Waals surface area contributed by atoms with Gasteiger partial charge in [-0.2, -0.15) is 0 Å².